The maximum Gasteiger partial charge on any atom is 0.255 e. The predicted octanol–water partition coefficient (Wildman–Crippen LogP) is 2.37. The maximum atomic E-state index is 11.9. The first-order valence-corrected chi connectivity index (χ1v) is 7.01. The summed E-state index contributed by atoms with van der Waals surface area (Å²) in [6.07, 6.45) is 1.93. The zero-order valence-electron chi connectivity index (χ0n) is 12.4. The molecule has 118 valence electrons. The molecule has 2 amide bonds. The molecule has 3 N–H and O–H groups in total. The highest BCUT2D eigenvalue weighted by atomic mass is 16.3. The van der Waals surface area contributed by atoms with Gasteiger partial charge in [0.15, 0.2) is 0 Å². The van der Waals surface area contributed by atoms with E-state index in [0.717, 1.165) is 6.42 Å². The van der Waals surface area contributed by atoms with Gasteiger partial charge in [0.1, 0.15) is 5.75 Å². The minimum atomic E-state index is -0.400. The Kier molecular flexibility index (Phi) is 7.28. The fraction of sp³-hybridized carbons (Fsp3) is 0.429. The molecule has 0 aliphatic rings. The molecule has 1 rings (SSSR count). The van der Waals surface area contributed by atoms with Gasteiger partial charge in [0.05, 0.1) is 5.56 Å². The van der Waals surface area contributed by atoms with Gasteiger partial charge in [0.2, 0.25) is 5.91 Å². The van der Waals surface area contributed by atoms with Crippen LogP contribution in [0.15, 0.2) is 23.3 Å². The molecular weight excluding hydrogens is 286 g/mol. The average Bonchev–Trinajstić information content (AvgIpc) is 2.50. The van der Waals surface area contributed by atoms with E-state index in [4.69, 9.17) is 5.53 Å². The molecule has 0 aromatic heterocycles. The van der Waals surface area contributed by atoms with E-state index in [1.54, 1.807) is 6.92 Å². The van der Waals surface area contributed by atoms with Crippen LogP contribution < -0.4 is 10.6 Å². The van der Waals surface area contributed by atoms with Crippen LogP contribution in [0.3, 0.4) is 0 Å². The lowest BCUT2D eigenvalue weighted by molar-refractivity contribution is -0.120. The molecule has 8 nitrogen and oxygen atoms in total. The van der Waals surface area contributed by atoms with Crippen molar-refractivity contribution in [1.82, 2.24) is 10.6 Å². The van der Waals surface area contributed by atoms with Gasteiger partial charge < -0.3 is 15.7 Å². The Bertz CT molecular complexity index is 582. The van der Waals surface area contributed by atoms with Crippen molar-refractivity contribution in [3.05, 3.63) is 34.2 Å². The van der Waals surface area contributed by atoms with Gasteiger partial charge in [-0.3, -0.25) is 9.59 Å². The zero-order chi connectivity index (χ0) is 16.4. The van der Waals surface area contributed by atoms with Crippen LogP contribution in [0.5, 0.6) is 5.75 Å². The van der Waals surface area contributed by atoms with Crippen LogP contribution in [-0.2, 0) is 4.79 Å². The highest BCUT2D eigenvalue weighted by Gasteiger charge is 2.10. The second kappa shape index (κ2) is 9.25. The van der Waals surface area contributed by atoms with Crippen LogP contribution >= 0.6 is 0 Å². The molecule has 0 bridgehead atoms. The van der Waals surface area contributed by atoms with E-state index < -0.39 is 5.91 Å². The number of phenolic OH excluding ortho intramolecular Hbond substituents is 1. The van der Waals surface area contributed by atoms with Crippen LogP contribution in [0, 0.1) is 0 Å². The third-order valence-electron chi connectivity index (χ3n) is 2.92. The minimum Gasteiger partial charge on any atom is -0.507 e. The molecule has 0 aliphatic carbocycles. The van der Waals surface area contributed by atoms with E-state index in [0.29, 0.717) is 25.9 Å². The highest BCUT2D eigenvalue weighted by Crippen LogP contribution is 2.23. The van der Waals surface area contributed by atoms with Crippen LogP contribution in [0.1, 0.15) is 36.5 Å². The molecule has 0 saturated carbocycles. The molecule has 0 heterocycles. The van der Waals surface area contributed by atoms with Crippen LogP contribution in [0.2, 0.25) is 0 Å². The average molecular weight is 305 g/mol. The molecule has 0 fully saturated rings. The Balaban J connectivity index is 2.36. The van der Waals surface area contributed by atoms with Crippen molar-refractivity contribution in [3.63, 3.8) is 0 Å². The molecule has 0 unspecified atom stereocenters. The Morgan fingerprint density at radius 2 is 1.95 bits per heavy atom. The lowest BCUT2D eigenvalue weighted by Crippen LogP contribution is -2.27. The number of azide groups is 1. The summed E-state index contributed by atoms with van der Waals surface area (Å²) < 4.78 is 0. The monoisotopic (exact) mass is 305 g/mol. The van der Waals surface area contributed by atoms with Gasteiger partial charge >= 0.3 is 0 Å². The molecule has 0 aliphatic heterocycles. The second-order valence-corrected chi connectivity index (χ2v) is 4.56. The lowest BCUT2D eigenvalue weighted by atomic mass is 10.1. The number of amides is 2. The van der Waals surface area contributed by atoms with Crippen molar-refractivity contribution >= 4 is 17.5 Å². The Hall–Kier alpha value is -2.73. The highest BCUT2D eigenvalue weighted by molar-refractivity contribution is 5.97. The normalized spacial score (nSPS) is 9.68. The number of hydrogen-bond acceptors (Lipinski definition) is 4. The van der Waals surface area contributed by atoms with Gasteiger partial charge in [-0.2, -0.15) is 0 Å². The Morgan fingerprint density at radius 1 is 1.27 bits per heavy atom. The van der Waals surface area contributed by atoms with Crippen molar-refractivity contribution < 1.29 is 14.7 Å². The number of carbonyl (C=O) groups excluding carboxylic acids is 2. The largest absolute Gasteiger partial charge is 0.507 e. The SMILES string of the molecule is CCC(=O)NCCCCNC(=O)c1ccc(N=[N+]=[N-])cc1O. The summed E-state index contributed by atoms with van der Waals surface area (Å²) in [5.74, 6) is -0.630. The zero-order valence-corrected chi connectivity index (χ0v) is 12.4. The topological polar surface area (TPSA) is 127 Å². The summed E-state index contributed by atoms with van der Waals surface area (Å²) in [6, 6.07) is 4.08. The Labute approximate surface area is 128 Å². The van der Waals surface area contributed by atoms with Crippen molar-refractivity contribution in [2.24, 2.45) is 5.11 Å². The number of rotatable bonds is 8. The molecule has 1 aromatic carbocycles. The van der Waals surface area contributed by atoms with E-state index >= 15 is 0 Å². The van der Waals surface area contributed by atoms with Gasteiger partial charge in [-0.25, -0.2) is 0 Å². The van der Waals surface area contributed by atoms with Gasteiger partial charge in [0.25, 0.3) is 5.91 Å². The van der Waals surface area contributed by atoms with E-state index in [2.05, 4.69) is 20.7 Å². The van der Waals surface area contributed by atoms with Crippen LogP contribution in [0.25, 0.3) is 10.4 Å². The van der Waals surface area contributed by atoms with Crippen molar-refractivity contribution in [1.29, 1.82) is 0 Å². The Morgan fingerprint density at radius 3 is 2.55 bits per heavy atom. The lowest BCUT2D eigenvalue weighted by Gasteiger charge is -2.07. The van der Waals surface area contributed by atoms with Crippen LogP contribution in [0.4, 0.5) is 5.69 Å². The van der Waals surface area contributed by atoms with E-state index in [1.165, 1.54) is 18.2 Å². The molecule has 0 spiro atoms. The molecule has 0 saturated heterocycles. The third kappa shape index (κ3) is 5.72. The first kappa shape index (κ1) is 17.3. The second-order valence-electron chi connectivity index (χ2n) is 4.56. The first-order chi connectivity index (χ1) is 10.6. The number of aromatic hydroxyl groups is 1. The van der Waals surface area contributed by atoms with Gasteiger partial charge in [-0.05, 0) is 30.5 Å². The van der Waals surface area contributed by atoms with E-state index in [-0.39, 0.29) is 22.9 Å². The molecule has 0 radical (unpaired) electrons. The quantitative estimate of drug-likeness (QED) is 0.295. The molecule has 22 heavy (non-hydrogen) atoms. The number of phenols is 1. The minimum absolute atomic E-state index is 0.00840. The number of nitrogens with zero attached hydrogens (tertiary/aromatic N) is 3. The number of nitrogens with one attached hydrogen (secondary N) is 2. The number of unbranched alkanes of at least 4 members (excludes halogenated alkanes) is 1. The number of benzene rings is 1. The molecular formula is C14H19N5O3. The van der Waals surface area contributed by atoms with E-state index in [9.17, 15) is 14.7 Å². The smallest absolute Gasteiger partial charge is 0.255 e. The van der Waals surface area contributed by atoms with E-state index in [1.807, 2.05) is 0 Å². The summed E-state index contributed by atoms with van der Waals surface area (Å²) in [7, 11) is 0. The van der Waals surface area contributed by atoms with Crippen LogP contribution in [-0.4, -0.2) is 30.0 Å². The maximum absolute atomic E-state index is 11.9. The summed E-state index contributed by atoms with van der Waals surface area (Å²) in [6.45, 7) is 2.81. The third-order valence-corrected chi connectivity index (χ3v) is 2.92. The summed E-state index contributed by atoms with van der Waals surface area (Å²) in [5.41, 5.74) is 8.66. The molecule has 1 aromatic rings. The van der Waals surface area contributed by atoms with Gasteiger partial charge in [0, 0.05) is 30.1 Å². The fourth-order valence-corrected chi connectivity index (χ4v) is 1.73. The van der Waals surface area contributed by atoms with Crippen molar-refractivity contribution in [3.8, 4) is 5.75 Å². The molecule has 8 heteroatoms. The number of hydrogen-bond donors (Lipinski definition) is 3. The standard InChI is InChI=1S/C14H19N5O3/c1-2-13(21)16-7-3-4-8-17-14(22)11-6-5-10(18-19-15)9-12(11)20/h5-6,9,20H,2-4,7-8H2,1H3,(H,16,21)(H,17,22). The summed E-state index contributed by atoms with van der Waals surface area (Å²) in [5, 5.41) is 18.5. The predicted molar refractivity (Wildman–Crippen MR) is 81.8 cm³/mol. The fourth-order valence-electron chi connectivity index (χ4n) is 1.73. The summed E-state index contributed by atoms with van der Waals surface area (Å²) in [4.78, 5) is 25.5. The van der Waals surface area contributed by atoms with Gasteiger partial charge in [-0.15, -0.1) is 0 Å². The van der Waals surface area contributed by atoms with Crippen molar-refractivity contribution in [2.45, 2.75) is 26.2 Å². The van der Waals surface area contributed by atoms with Crippen molar-refractivity contribution in [2.75, 3.05) is 13.1 Å². The van der Waals surface area contributed by atoms with Gasteiger partial charge in [-0.1, -0.05) is 18.1 Å². The summed E-state index contributed by atoms with van der Waals surface area (Å²) >= 11 is 0. The number of carbonyl (C=O) groups is 2. The first-order valence-electron chi connectivity index (χ1n) is 7.01. The molecule has 0 atom stereocenters.